The van der Waals surface area contributed by atoms with E-state index in [1.54, 1.807) is 24.0 Å². The molecule has 0 bridgehead atoms. The third-order valence-electron chi connectivity index (χ3n) is 4.73. The highest BCUT2D eigenvalue weighted by molar-refractivity contribution is 7.98. The van der Waals surface area contributed by atoms with Gasteiger partial charge in [-0.2, -0.15) is 5.10 Å². The molecule has 4 rings (SSSR count). The number of aliphatic hydroxyl groups is 1. The van der Waals surface area contributed by atoms with Crippen molar-refractivity contribution in [1.29, 1.82) is 0 Å². The van der Waals surface area contributed by atoms with Crippen LogP contribution in [0, 0.1) is 0 Å². The van der Waals surface area contributed by atoms with Crippen LogP contribution in [0.25, 0.3) is 16.8 Å². The number of carbonyl (C=O) groups excluding carboxylic acids is 1. The number of aliphatic hydroxyl groups excluding tert-OH is 1. The molecule has 0 atom stereocenters. The minimum Gasteiger partial charge on any atom is -0.392 e. The van der Waals surface area contributed by atoms with E-state index in [9.17, 15) is 14.7 Å². The molecule has 0 saturated carbocycles. The molecule has 30 heavy (non-hydrogen) atoms. The van der Waals surface area contributed by atoms with Crippen LogP contribution < -0.4 is 10.9 Å². The monoisotopic (exact) mass is 420 g/mol. The molecule has 0 aliphatic carbocycles. The maximum absolute atomic E-state index is 13.0. The van der Waals surface area contributed by atoms with Crippen molar-refractivity contribution in [1.82, 2.24) is 14.2 Å². The lowest BCUT2D eigenvalue weighted by atomic mass is 10.1. The first-order chi connectivity index (χ1) is 14.6. The number of hydrogen-bond acceptors (Lipinski definition) is 5. The van der Waals surface area contributed by atoms with Crippen LogP contribution in [0.15, 0.2) is 76.7 Å². The summed E-state index contributed by atoms with van der Waals surface area (Å²) in [6.45, 7) is -0.476. The summed E-state index contributed by atoms with van der Waals surface area (Å²) in [7, 11) is 0. The zero-order chi connectivity index (χ0) is 21.1. The molecule has 152 valence electrons. The van der Waals surface area contributed by atoms with Gasteiger partial charge in [0, 0.05) is 34.1 Å². The molecule has 7 nitrogen and oxygen atoms in total. The van der Waals surface area contributed by atoms with E-state index < -0.39 is 0 Å². The van der Waals surface area contributed by atoms with Crippen molar-refractivity contribution in [2.45, 2.75) is 18.0 Å². The van der Waals surface area contributed by atoms with Crippen molar-refractivity contribution in [3.05, 3.63) is 82.9 Å². The summed E-state index contributed by atoms with van der Waals surface area (Å²) in [6, 6.07) is 16.9. The van der Waals surface area contributed by atoms with E-state index in [0.717, 1.165) is 10.5 Å². The zero-order valence-electron chi connectivity index (χ0n) is 16.3. The number of carbonyl (C=O) groups is 1. The van der Waals surface area contributed by atoms with Gasteiger partial charge in [0.2, 0.25) is 5.91 Å². The number of thioether (sulfide) groups is 1. The largest absolute Gasteiger partial charge is 0.392 e. The molecule has 8 heteroatoms. The molecule has 2 aromatic heterocycles. The lowest BCUT2D eigenvalue weighted by molar-refractivity contribution is -0.116. The maximum Gasteiger partial charge on any atom is 0.277 e. The van der Waals surface area contributed by atoms with E-state index in [1.165, 1.54) is 15.3 Å². The fraction of sp³-hybridized carbons (Fsp3) is 0.136. The molecule has 0 radical (unpaired) electrons. The maximum atomic E-state index is 13.0. The molecule has 2 N–H and O–H groups in total. The van der Waals surface area contributed by atoms with Gasteiger partial charge in [0.05, 0.1) is 12.3 Å². The predicted octanol–water partition coefficient (Wildman–Crippen LogP) is 3.02. The van der Waals surface area contributed by atoms with E-state index in [0.29, 0.717) is 16.9 Å². The van der Waals surface area contributed by atoms with Crippen LogP contribution in [-0.4, -0.2) is 31.5 Å². The van der Waals surface area contributed by atoms with Gasteiger partial charge < -0.3 is 15.0 Å². The average Bonchev–Trinajstić information content (AvgIpc) is 3.16. The third kappa shape index (κ3) is 3.87. The first kappa shape index (κ1) is 19.9. The number of nitrogens with zero attached hydrogens (tertiary/aromatic N) is 3. The molecule has 0 aliphatic rings. The Morgan fingerprint density at radius 3 is 2.67 bits per heavy atom. The Morgan fingerprint density at radius 1 is 1.13 bits per heavy atom. The van der Waals surface area contributed by atoms with Gasteiger partial charge in [-0.25, -0.2) is 4.52 Å². The van der Waals surface area contributed by atoms with Gasteiger partial charge in [-0.15, -0.1) is 11.8 Å². The number of nitrogens with one attached hydrogen (secondary N) is 1. The van der Waals surface area contributed by atoms with Crippen LogP contribution in [0.3, 0.4) is 0 Å². The van der Waals surface area contributed by atoms with Crippen LogP contribution in [0.1, 0.15) is 5.56 Å². The highest BCUT2D eigenvalue weighted by Crippen LogP contribution is 2.24. The van der Waals surface area contributed by atoms with E-state index >= 15 is 0 Å². The van der Waals surface area contributed by atoms with Crippen LogP contribution in [-0.2, 0) is 17.9 Å². The minimum atomic E-state index is -0.385. The zero-order valence-corrected chi connectivity index (χ0v) is 17.1. The highest BCUT2D eigenvalue weighted by atomic mass is 32.2. The first-order valence-electron chi connectivity index (χ1n) is 9.31. The Hall–Kier alpha value is -3.36. The van der Waals surface area contributed by atoms with E-state index in [1.807, 2.05) is 54.8 Å². The summed E-state index contributed by atoms with van der Waals surface area (Å²) < 4.78 is 2.77. The van der Waals surface area contributed by atoms with Gasteiger partial charge >= 0.3 is 0 Å². The molecule has 0 spiro atoms. The second kappa shape index (κ2) is 8.56. The third-order valence-corrected chi connectivity index (χ3v) is 5.46. The second-order valence-corrected chi connectivity index (χ2v) is 7.54. The van der Waals surface area contributed by atoms with Crippen molar-refractivity contribution in [2.75, 3.05) is 11.6 Å². The molecule has 2 heterocycles. The molecular weight excluding hydrogens is 400 g/mol. The van der Waals surface area contributed by atoms with Gasteiger partial charge in [-0.1, -0.05) is 36.4 Å². The van der Waals surface area contributed by atoms with E-state index in [4.69, 9.17) is 0 Å². The first-order valence-corrected chi connectivity index (χ1v) is 10.5. The van der Waals surface area contributed by atoms with Crippen molar-refractivity contribution in [3.63, 3.8) is 0 Å². The predicted molar refractivity (Wildman–Crippen MR) is 118 cm³/mol. The van der Waals surface area contributed by atoms with Gasteiger partial charge in [0.25, 0.3) is 5.56 Å². The van der Waals surface area contributed by atoms with Crippen LogP contribution >= 0.6 is 11.8 Å². The Bertz CT molecular complexity index is 1260. The Balaban J connectivity index is 1.66. The summed E-state index contributed by atoms with van der Waals surface area (Å²) >= 11 is 1.58. The van der Waals surface area contributed by atoms with Gasteiger partial charge in [-0.3, -0.25) is 9.59 Å². The number of anilines is 1. The molecule has 0 saturated heterocycles. The van der Waals surface area contributed by atoms with Gasteiger partial charge in [0.1, 0.15) is 12.1 Å². The summed E-state index contributed by atoms with van der Waals surface area (Å²) in [5, 5.41) is 17.2. The number of fused-ring (bicyclic) bond motifs is 1. The number of hydrogen-bond donors (Lipinski definition) is 2. The molecule has 0 unspecified atom stereocenters. The van der Waals surface area contributed by atoms with Gasteiger partial charge in [-0.05, 0) is 24.5 Å². The normalized spacial score (nSPS) is 11.0. The lowest BCUT2D eigenvalue weighted by Gasteiger charge is -2.09. The number of rotatable bonds is 6. The summed E-state index contributed by atoms with van der Waals surface area (Å²) in [5.41, 5.74) is 2.34. The van der Waals surface area contributed by atoms with Crippen molar-refractivity contribution in [2.24, 2.45) is 0 Å². The van der Waals surface area contributed by atoms with Crippen molar-refractivity contribution >= 4 is 28.9 Å². The molecule has 4 aromatic rings. The van der Waals surface area contributed by atoms with E-state index in [2.05, 4.69) is 10.4 Å². The summed E-state index contributed by atoms with van der Waals surface area (Å²) in [6.07, 6.45) is 5.10. The van der Waals surface area contributed by atoms with Crippen molar-refractivity contribution < 1.29 is 9.90 Å². The Morgan fingerprint density at radius 2 is 1.93 bits per heavy atom. The van der Waals surface area contributed by atoms with Crippen LogP contribution in [0.2, 0.25) is 0 Å². The Labute approximate surface area is 177 Å². The number of aromatic nitrogens is 3. The van der Waals surface area contributed by atoms with Crippen molar-refractivity contribution in [3.8, 4) is 11.3 Å². The standard InChI is InChI=1S/C22H20N4O3S/c1-30-17-9-5-8-16(12-17)23-19(28)13-25-10-11-26-21(22(25)29)18(14-27)20(24-26)15-6-3-2-4-7-15/h2-12,27H,13-14H2,1H3,(H,23,28). The molecular formula is C22H20N4O3S. The van der Waals surface area contributed by atoms with Crippen LogP contribution in [0.5, 0.6) is 0 Å². The molecule has 1 amide bonds. The van der Waals surface area contributed by atoms with Crippen LogP contribution in [0.4, 0.5) is 5.69 Å². The van der Waals surface area contributed by atoms with E-state index in [-0.39, 0.29) is 30.1 Å². The fourth-order valence-corrected chi connectivity index (χ4v) is 3.77. The fourth-order valence-electron chi connectivity index (χ4n) is 3.31. The smallest absolute Gasteiger partial charge is 0.277 e. The van der Waals surface area contributed by atoms with Gasteiger partial charge in [0.15, 0.2) is 0 Å². The number of benzene rings is 2. The Kier molecular flexibility index (Phi) is 5.69. The SMILES string of the molecule is CSc1cccc(NC(=O)Cn2ccn3nc(-c4ccccc4)c(CO)c3c2=O)c1. The average molecular weight is 420 g/mol. The highest BCUT2D eigenvalue weighted by Gasteiger charge is 2.18. The molecule has 2 aromatic carbocycles. The minimum absolute atomic E-state index is 0.143. The molecule has 0 fully saturated rings. The topological polar surface area (TPSA) is 88.6 Å². The quantitative estimate of drug-likeness (QED) is 0.468. The second-order valence-electron chi connectivity index (χ2n) is 6.66. The summed E-state index contributed by atoms with van der Waals surface area (Å²) in [5.74, 6) is -0.312. The summed E-state index contributed by atoms with van der Waals surface area (Å²) in [4.78, 5) is 26.6. The lowest BCUT2D eigenvalue weighted by Crippen LogP contribution is -2.28. The molecule has 0 aliphatic heterocycles. The number of amides is 1.